The van der Waals surface area contributed by atoms with E-state index in [2.05, 4.69) is 50.3 Å². The molecule has 0 amide bonds. The lowest BCUT2D eigenvalue weighted by Crippen LogP contribution is -2.02. The van der Waals surface area contributed by atoms with E-state index in [1.54, 1.807) is 29.0 Å². The van der Waals surface area contributed by atoms with Crippen LogP contribution in [0.25, 0.3) is 20.7 Å². The number of thiophene rings is 2. The Labute approximate surface area is 136 Å². The summed E-state index contributed by atoms with van der Waals surface area (Å²) < 4.78 is 0. The first kappa shape index (κ1) is 13.4. The van der Waals surface area contributed by atoms with E-state index in [4.69, 9.17) is 0 Å². The molecule has 0 unspecified atom stereocenters. The zero-order valence-electron chi connectivity index (χ0n) is 11.7. The highest BCUT2D eigenvalue weighted by Crippen LogP contribution is 2.38. The number of aromatic nitrogens is 2. The number of anilines is 1. The van der Waals surface area contributed by atoms with E-state index < -0.39 is 0 Å². The highest BCUT2D eigenvalue weighted by atomic mass is 32.1. The molecule has 0 aliphatic heterocycles. The normalized spacial score (nSPS) is 10.9. The molecule has 1 aromatic carbocycles. The van der Waals surface area contributed by atoms with Gasteiger partial charge in [0.15, 0.2) is 0 Å². The first-order valence-corrected chi connectivity index (χ1v) is 8.71. The Morgan fingerprint density at radius 1 is 0.955 bits per heavy atom. The second kappa shape index (κ2) is 5.87. The second-order valence-electron chi connectivity index (χ2n) is 4.87. The van der Waals surface area contributed by atoms with Gasteiger partial charge in [-0.15, -0.1) is 22.7 Å². The molecule has 0 atom stereocenters. The number of hydrogen-bond acceptors (Lipinski definition) is 5. The maximum atomic E-state index is 4.45. The molecule has 0 aliphatic carbocycles. The van der Waals surface area contributed by atoms with Crippen molar-refractivity contribution in [3.63, 3.8) is 0 Å². The van der Waals surface area contributed by atoms with Crippen LogP contribution >= 0.6 is 22.7 Å². The van der Waals surface area contributed by atoms with Crippen molar-refractivity contribution >= 4 is 38.7 Å². The Morgan fingerprint density at radius 2 is 1.86 bits per heavy atom. The predicted octanol–water partition coefficient (Wildman–Crippen LogP) is 5.03. The summed E-state index contributed by atoms with van der Waals surface area (Å²) in [5.41, 5.74) is 2.45. The van der Waals surface area contributed by atoms with Crippen LogP contribution in [0, 0.1) is 0 Å². The summed E-state index contributed by atoms with van der Waals surface area (Å²) >= 11 is 3.41. The quantitative estimate of drug-likeness (QED) is 0.572. The SMILES string of the molecule is c1ccc(CNc2ncnc3scc(-c4cccs4)c23)cc1. The number of rotatable bonds is 4. The Kier molecular flexibility index (Phi) is 3.58. The molecule has 3 heterocycles. The standard InChI is InChI=1S/C17H13N3S2/c1-2-5-12(6-3-1)9-18-16-15-13(14-7-4-8-21-14)10-22-17(15)20-11-19-16/h1-8,10-11H,9H2,(H,18,19,20). The lowest BCUT2D eigenvalue weighted by Gasteiger charge is -2.07. The average Bonchev–Trinajstić information content (AvgIpc) is 3.23. The highest BCUT2D eigenvalue weighted by molar-refractivity contribution is 7.18. The van der Waals surface area contributed by atoms with Crippen LogP contribution in [0.1, 0.15) is 5.56 Å². The molecule has 0 bridgehead atoms. The van der Waals surface area contributed by atoms with Crippen molar-refractivity contribution < 1.29 is 0 Å². The summed E-state index contributed by atoms with van der Waals surface area (Å²) in [7, 11) is 0. The molecule has 108 valence electrons. The van der Waals surface area contributed by atoms with Crippen molar-refractivity contribution in [2.75, 3.05) is 5.32 Å². The predicted molar refractivity (Wildman–Crippen MR) is 94.5 cm³/mol. The zero-order chi connectivity index (χ0) is 14.8. The van der Waals surface area contributed by atoms with E-state index in [1.807, 2.05) is 18.2 Å². The molecule has 5 heteroatoms. The summed E-state index contributed by atoms with van der Waals surface area (Å²) in [5, 5.41) is 8.83. The van der Waals surface area contributed by atoms with E-state index in [0.29, 0.717) is 0 Å². The summed E-state index contributed by atoms with van der Waals surface area (Å²) in [6, 6.07) is 14.6. The van der Waals surface area contributed by atoms with Crippen molar-refractivity contribution in [2.45, 2.75) is 6.54 Å². The van der Waals surface area contributed by atoms with Gasteiger partial charge in [-0.2, -0.15) is 0 Å². The molecule has 0 saturated heterocycles. The summed E-state index contributed by atoms with van der Waals surface area (Å²) in [6.45, 7) is 0.757. The van der Waals surface area contributed by atoms with E-state index in [1.165, 1.54) is 16.0 Å². The molecule has 22 heavy (non-hydrogen) atoms. The lowest BCUT2D eigenvalue weighted by molar-refractivity contribution is 1.11. The molecule has 4 aromatic rings. The van der Waals surface area contributed by atoms with Gasteiger partial charge in [0.2, 0.25) is 0 Å². The van der Waals surface area contributed by atoms with Crippen molar-refractivity contribution in [1.29, 1.82) is 0 Å². The van der Waals surface area contributed by atoms with Gasteiger partial charge < -0.3 is 5.32 Å². The van der Waals surface area contributed by atoms with Gasteiger partial charge in [0.05, 0.1) is 5.39 Å². The molecule has 4 rings (SSSR count). The zero-order valence-corrected chi connectivity index (χ0v) is 13.3. The van der Waals surface area contributed by atoms with Crippen molar-refractivity contribution in [3.05, 3.63) is 65.1 Å². The Balaban J connectivity index is 1.73. The number of nitrogens with one attached hydrogen (secondary N) is 1. The van der Waals surface area contributed by atoms with Gasteiger partial charge in [0.25, 0.3) is 0 Å². The van der Waals surface area contributed by atoms with Gasteiger partial charge in [0, 0.05) is 22.4 Å². The molecule has 1 N–H and O–H groups in total. The average molecular weight is 323 g/mol. The molecule has 0 aliphatic rings. The minimum atomic E-state index is 0.757. The maximum Gasteiger partial charge on any atom is 0.139 e. The smallest absolute Gasteiger partial charge is 0.139 e. The second-order valence-corrected chi connectivity index (χ2v) is 6.67. The fraction of sp³-hybridized carbons (Fsp3) is 0.0588. The summed E-state index contributed by atoms with van der Waals surface area (Å²) in [4.78, 5) is 11.1. The van der Waals surface area contributed by atoms with Crippen LogP contribution < -0.4 is 5.32 Å². The number of benzene rings is 1. The van der Waals surface area contributed by atoms with E-state index >= 15 is 0 Å². The molecule has 3 aromatic heterocycles. The van der Waals surface area contributed by atoms with Crippen molar-refractivity contribution in [2.24, 2.45) is 0 Å². The van der Waals surface area contributed by atoms with Gasteiger partial charge in [-0.1, -0.05) is 36.4 Å². The van der Waals surface area contributed by atoms with Gasteiger partial charge in [0.1, 0.15) is 17.0 Å². The van der Waals surface area contributed by atoms with Gasteiger partial charge in [-0.3, -0.25) is 0 Å². The largest absolute Gasteiger partial charge is 0.365 e. The molecular weight excluding hydrogens is 310 g/mol. The lowest BCUT2D eigenvalue weighted by atomic mass is 10.2. The minimum absolute atomic E-state index is 0.757. The fourth-order valence-corrected chi connectivity index (χ4v) is 4.13. The first-order chi connectivity index (χ1) is 10.9. The summed E-state index contributed by atoms with van der Waals surface area (Å²) in [6.07, 6.45) is 1.63. The molecule has 0 saturated carbocycles. The number of nitrogens with zero attached hydrogens (tertiary/aromatic N) is 2. The van der Waals surface area contributed by atoms with E-state index in [-0.39, 0.29) is 0 Å². The molecule has 0 spiro atoms. The van der Waals surface area contributed by atoms with Crippen LogP contribution in [0.4, 0.5) is 5.82 Å². The van der Waals surface area contributed by atoms with E-state index in [0.717, 1.165) is 22.6 Å². The van der Waals surface area contributed by atoms with Gasteiger partial charge in [-0.25, -0.2) is 9.97 Å². The topological polar surface area (TPSA) is 37.8 Å². The van der Waals surface area contributed by atoms with Gasteiger partial charge in [-0.05, 0) is 17.0 Å². The van der Waals surface area contributed by atoms with Crippen LogP contribution in [-0.2, 0) is 6.54 Å². The molecule has 0 fully saturated rings. The highest BCUT2D eigenvalue weighted by Gasteiger charge is 2.13. The van der Waals surface area contributed by atoms with Gasteiger partial charge >= 0.3 is 0 Å². The Morgan fingerprint density at radius 3 is 2.68 bits per heavy atom. The third-order valence-electron chi connectivity index (χ3n) is 3.46. The Hall–Kier alpha value is -2.24. The number of hydrogen-bond donors (Lipinski definition) is 1. The third kappa shape index (κ3) is 2.49. The van der Waals surface area contributed by atoms with Crippen LogP contribution in [0.5, 0.6) is 0 Å². The van der Waals surface area contributed by atoms with Crippen molar-refractivity contribution in [1.82, 2.24) is 9.97 Å². The molecule has 3 nitrogen and oxygen atoms in total. The monoisotopic (exact) mass is 323 g/mol. The van der Waals surface area contributed by atoms with Crippen LogP contribution in [-0.4, -0.2) is 9.97 Å². The fourth-order valence-electron chi connectivity index (χ4n) is 2.40. The van der Waals surface area contributed by atoms with E-state index in [9.17, 15) is 0 Å². The third-order valence-corrected chi connectivity index (χ3v) is 5.25. The first-order valence-electron chi connectivity index (χ1n) is 6.96. The number of fused-ring (bicyclic) bond motifs is 1. The minimum Gasteiger partial charge on any atom is -0.365 e. The van der Waals surface area contributed by atoms with Crippen LogP contribution in [0.15, 0.2) is 59.6 Å². The molecule has 0 radical (unpaired) electrons. The Bertz CT molecular complexity index is 883. The van der Waals surface area contributed by atoms with Crippen LogP contribution in [0.3, 0.4) is 0 Å². The maximum absolute atomic E-state index is 4.45. The van der Waals surface area contributed by atoms with Crippen molar-refractivity contribution in [3.8, 4) is 10.4 Å². The molecular formula is C17H13N3S2. The summed E-state index contributed by atoms with van der Waals surface area (Å²) in [5.74, 6) is 0.901. The van der Waals surface area contributed by atoms with Crippen LogP contribution in [0.2, 0.25) is 0 Å².